The van der Waals surface area contributed by atoms with Gasteiger partial charge in [-0.05, 0) is 110 Å². The van der Waals surface area contributed by atoms with E-state index in [0.717, 1.165) is 47.7 Å². The molecule has 0 aromatic heterocycles. The Balaban J connectivity index is 1.79. The average molecular weight is 640 g/mol. The van der Waals surface area contributed by atoms with Crippen molar-refractivity contribution < 1.29 is 57.1 Å². The molecule has 0 radical (unpaired) electrons. The maximum Gasteiger partial charge on any atom is 0.513 e. The molecule has 3 aromatic rings. The van der Waals surface area contributed by atoms with E-state index in [9.17, 15) is 19.2 Å². The van der Waals surface area contributed by atoms with Crippen LogP contribution in [0, 0.1) is 0 Å². The Morgan fingerprint density at radius 2 is 0.978 bits per heavy atom. The fourth-order valence-corrected chi connectivity index (χ4v) is 6.01. The molecule has 2 heterocycles. The highest BCUT2D eigenvalue weighted by molar-refractivity contribution is 6.13. The molecule has 1 fully saturated rings. The Morgan fingerprint density at radius 3 is 1.39 bits per heavy atom. The highest BCUT2D eigenvalue weighted by Crippen LogP contribution is 2.46. The number of carbonyl (C=O) groups is 4. The lowest BCUT2D eigenvalue weighted by Gasteiger charge is -2.41. The van der Waals surface area contributed by atoms with Crippen molar-refractivity contribution in [3.63, 3.8) is 0 Å². The van der Waals surface area contributed by atoms with Crippen molar-refractivity contribution in [3.05, 3.63) is 35.4 Å². The van der Waals surface area contributed by atoms with Crippen LogP contribution in [0.5, 0.6) is 23.0 Å². The van der Waals surface area contributed by atoms with Gasteiger partial charge in [-0.2, -0.15) is 0 Å². The van der Waals surface area contributed by atoms with E-state index in [1.54, 1.807) is 52.0 Å². The minimum Gasteiger partial charge on any atom is -0.434 e. The zero-order chi connectivity index (χ0) is 32.8. The van der Waals surface area contributed by atoms with Gasteiger partial charge in [0.15, 0.2) is 23.0 Å². The second-order valence-corrected chi connectivity index (χ2v) is 10.6. The molecule has 246 valence electrons. The predicted octanol–water partition coefficient (Wildman–Crippen LogP) is 7.04. The molecule has 0 bridgehead atoms. The van der Waals surface area contributed by atoms with Crippen molar-refractivity contribution >= 4 is 46.2 Å². The van der Waals surface area contributed by atoms with Crippen molar-refractivity contribution in [3.8, 4) is 23.0 Å². The van der Waals surface area contributed by atoms with Gasteiger partial charge >= 0.3 is 24.6 Å². The molecule has 1 atom stereocenters. The van der Waals surface area contributed by atoms with Crippen LogP contribution in [0.15, 0.2) is 24.3 Å². The van der Waals surface area contributed by atoms with E-state index < -0.39 is 24.6 Å². The quantitative estimate of drug-likeness (QED) is 0.107. The summed E-state index contributed by atoms with van der Waals surface area (Å²) in [5.41, 5.74) is 1.97. The molecule has 0 N–H and O–H groups in total. The number of rotatable bonds is 8. The third kappa shape index (κ3) is 7.04. The van der Waals surface area contributed by atoms with Crippen molar-refractivity contribution in [2.24, 2.45) is 0 Å². The summed E-state index contributed by atoms with van der Waals surface area (Å²) in [4.78, 5) is 52.2. The number of nitrogens with zero attached hydrogens (tertiary/aromatic N) is 1. The normalized spacial score (nSPS) is 15.7. The third-order valence-electron chi connectivity index (χ3n) is 7.84. The van der Waals surface area contributed by atoms with Gasteiger partial charge in [0.05, 0.1) is 26.4 Å². The molecule has 1 unspecified atom stereocenters. The first-order valence-electron chi connectivity index (χ1n) is 15.5. The smallest absolute Gasteiger partial charge is 0.434 e. The average Bonchev–Trinajstić information content (AvgIpc) is 3.02. The lowest BCUT2D eigenvalue weighted by molar-refractivity contribution is 0.0940. The number of carbonyl (C=O) groups excluding carboxylic acids is 4. The van der Waals surface area contributed by atoms with E-state index in [-0.39, 0.29) is 49.4 Å². The number of piperidine rings is 1. The van der Waals surface area contributed by atoms with Gasteiger partial charge in [-0.1, -0.05) is 6.42 Å². The zero-order valence-corrected chi connectivity index (χ0v) is 26.3. The molecule has 0 spiro atoms. The Bertz CT molecular complexity index is 1530. The molecule has 13 heteroatoms. The summed E-state index contributed by atoms with van der Waals surface area (Å²) in [5.74, 6) is -0.245. The largest absolute Gasteiger partial charge is 0.513 e. The Labute approximate surface area is 265 Å². The number of ether oxygens (including phenoxy) is 8. The molecule has 1 saturated heterocycles. The van der Waals surface area contributed by atoms with E-state index in [0.29, 0.717) is 29.8 Å². The fraction of sp³-hybridized carbons (Fsp3) is 0.455. The molecule has 46 heavy (non-hydrogen) atoms. The molecule has 13 nitrogen and oxygen atoms in total. The first kappa shape index (κ1) is 32.6. The number of benzene rings is 3. The monoisotopic (exact) mass is 639 g/mol. The second-order valence-electron chi connectivity index (χ2n) is 10.6. The van der Waals surface area contributed by atoms with Gasteiger partial charge in [-0.25, -0.2) is 19.2 Å². The first-order chi connectivity index (χ1) is 22.3. The first-order valence-corrected chi connectivity index (χ1v) is 15.5. The van der Waals surface area contributed by atoms with Gasteiger partial charge in [-0.3, -0.25) is 4.90 Å². The SMILES string of the molecule is CCOC(=O)Oc1cc2c3c(c4cc(OC(=O)OCC)c(OC(=O)OCC)cc4c2cc1OC(=O)OCC)CN1CCCCC1C3. The molecular weight excluding hydrogens is 602 g/mol. The van der Waals surface area contributed by atoms with Crippen LogP contribution in [-0.4, -0.2) is 68.5 Å². The minimum atomic E-state index is -0.995. The van der Waals surface area contributed by atoms with Gasteiger partial charge < -0.3 is 37.9 Å². The molecule has 5 rings (SSSR count). The number of hydrogen-bond acceptors (Lipinski definition) is 13. The third-order valence-corrected chi connectivity index (χ3v) is 7.84. The van der Waals surface area contributed by atoms with Crippen molar-refractivity contribution in [2.45, 2.75) is 66.0 Å². The van der Waals surface area contributed by atoms with E-state index in [1.807, 2.05) is 0 Å². The Kier molecular flexibility index (Phi) is 10.3. The molecule has 2 aliphatic heterocycles. The maximum absolute atomic E-state index is 12.5. The van der Waals surface area contributed by atoms with Crippen LogP contribution >= 0.6 is 0 Å². The van der Waals surface area contributed by atoms with Crippen molar-refractivity contribution in [2.75, 3.05) is 33.0 Å². The standard InChI is InChI=1S/C33H37NO12/c1-5-39-30(35)43-26-14-21-20-13-19-11-9-10-12-34(19)18-25(20)24-17-29(46-33(38)42-8-4)28(45-32(37)41-7-3)16-23(24)22(21)15-27(26)44-31(36)40-6-2/h14-17,19H,5-13,18H2,1-4H3. The van der Waals surface area contributed by atoms with Crippen molar-refractivity contribution in [1.29, 1.82) is 0 Å². The van der Waals surface area contributed by atoms with Crippen LogP contribution in [0.25, 0.3) is 21.5 Å². The highest BCUT2D eigenvalue weighted by Gasteiger charge is 2.32. The molecule has 0 saturated carbocycles. The molecule has 0 aliphatic carbocycles. The van der Waals surface area contributed by atoms with E-state index in [1.165, 1.54) is 0 Å². The van der Waals surface area contributed by atoms with Gasteiger partial charge in [0.1, 0.15) is 0 Å². The molecular formula is C33H37NO12. The summed E-state index contributed by atoms with van der Waals surface area (Å²) in [6.07, 6.45) is 0.00692. The summed E-state index contributed by atoms with van der Waals surface area (Å²) < 4.78 is 42.0. The summed E-state index contributed by atoms with van der Waals surface area (Å²) in [7, 11) is 0. The lowest BCUT2D eigenvalue weighted by atomic mass is 9.82. The summed E-state index contributed by atoms with van der Waals surface area (Å²) in [5, 5.41) is 2.66. The number of fused-ring (bicyclic) bond motifs is 7. The van der Waals surface area contributed by atoms with Crippen LogP contribution in [0.1, 0.15) is 58.1 Å². The number of hydrogen-bond donors (Lipinski definition) is 0. The topological polar surface area (TPSA) is 145 Å². The fourth-order valence-electron chi connectivity index (χ4n) is 6.01. The summed E-state index contributed by atoms with van der Waals surface area (Å²) in [6, 6.07) is 6.71. The summed E-state index contributed by atoms with van der Waals surface area (Å²) >= 11 is 0. The van der Waals surface area contributed by atoms with E-state index in [2.05, 4.69) is 4.90 Å². The van der Waals surface area contributed by atoms with Gasteiger partial charge in [0.2, 0.25) is 0 Å². The minimum absolute atomic E-state index is 0.0307. The second kappa shape index (κ2) is 14.5. The molecule has 0 amide bonds. The predicted molar refractivity (Wildman–Crippen MR) is 164 cm³/mol. The van der Waals surface area contributed by atoms with Gasteiger partial charge in [-0.15, -0.1) is 0 Å². The zero-order valence-electron chi connectivity index (χ0n) is 26.3. The van der Waals surface area contributed by atoms with E-state index in [4.69, 9.17) is 37.9 Å². The Morgan fingerprint density at radius 1 is 0.587 bits per heavy atom. The molecule has 3 aromatic carbocycles. The highest BCUT2D eigenvalue weighted by atomic mass is 16.8. The summed E-state index contributed by atoms with van der Waals surface area (Å²) in [6.45, 7) is 8.38. The van der Waals surface area contributed by atoms with Crippen LogP contribution in [0.4, 0.5) is 19.2 Å². The van der Waals surface area contributed by atoms with Crippen LogP contribution in [0.2, 0.25) is 0 Å². The molecule has 2 aliphatic rings. The van der Waals surface area contributed by atoms with Crippen LogP contribution in [-0.2, 0) is 31.9 Å². The van der Waals surface area contributed by atoms with Crippen LogP contribution in [0.3, 0.4) is 0 Å². The lowest BCUT2D eigenvalue weighted by Crippen LogP contribution is -2.43. The van der Waals surface area contributed by atoms with Crippen LogP contribution < -0.4 is 18.9 Å². The van der Waals surface area contributed by atoms with Crippen molar-refractivity contribution in [1.82, 2.24) is 4.90 Å². The maximum atomic E-state index is 12.5. The Hall–Kier alpha value is -4.78. The van der Waals surface area contributed by atoms with Gasteiger partial charge in [0.25, 0.3) is 0 Å². The van der Waals surface area contributed by atoms with Gasteiger partial charge in [0, 0.05) is 12.6 Å². The van der Waals surface area contributed by atoms with E-state index >= 15 is 0 Å².